The van der Waals surface area contributed by atoms with Crippen LogP contribution in [0.1, 0.15) is 40.2 Å². The molecule has 0 saturated carbocycles. The zero-order valence-corrected chi connectivity index (χ0v) is 23.5. The van der Waals surface area contributed by atoms with Crippen molar-refractivity contribution in [3.05, 3.63) is 137 Å². The molecule has 0 unspecified atom stereocenters. The van der Waals surface area contributed by atoms with Crippen LogP contribution >= 0.6 is 0 Å². The molecule has 6 rings (SSSR count). The first-order valence-electron chi connectivity index (χ1n) is 14.4. The number of benzene rings is 4. The Balaban J connectivity index is 1.32. The summed E-state index contributed by atoms with van der Waals surface area (Å²) in [4.78, 5) is 15.5. The topological polar surface area (TPSA) is 43.7 Å². The molecule has 0 bridgehead atoms. The number of morpholine rings is 1. The molecule has 1 aliphatic rings. The van der Waals surface area contributed by atoms with Crippen molar-refractivity contribution in [1.29, 1.82) is 0 Å². The quantitative estimate of drug-likeness (QED) is 0.202. The molecule has 1 saturated heterocycles. The summed E-state index contributed by atoms with van der Waals surface area (Å²) in [6.07, 6.45) is 2.66. The van der Waals surface area contributed by atoms with Crippen molar-refractivity contribution < 1.29 is 14.3 Å². The van der Waals surface area contributed by atoms with Gasteiger partial charge >= 0.3 is 0 Å². The van der Waals surface area contributed by atoms with Crippen molar-refractivity contribution in [2.45, 2.75) is 32.4 Å². The molecular formula is C36H36N2O3. The number of fused-ring (bicyclic) bond motifs is 1. The highest BCUT2D eigenvalue weighted by Gasteiger charge is 2.26. The van der Waals surface area contributed by atoms with Gasteiger partial charge in [0.05, 0.1) is 13.2 Å². The fourth-order valence-electron chi connectivity index (χ4n) is 5.63. The predicted molar refractivity (Wildman–Crippen MR) is 163 cm³/mol. The number of amides is 1. The lowest BCUT2D eigenvalue weighted by molar-refractivity contribution is -0.135. The zero-order chi connectivity index (χ0) is 28.0. The van der Waals surface area contributed by atoms with E-state index < -0.39 is 0 Å². The van der Waals surface area contributed by atoms with E-state index in [4.69, 9.17) is 9.47 Å². The molecule has 0 spiro atoms. The number of hydrogen-bond donors (Lipinski definition) is 0. The average molecular weight is 545 g/mol. The highest BCUT2D eigenvalue weighted by Crippen LogP contribution is 2.36. The molecule has 41 heavy (non-hydrogen) atoms. The van der Waals surface area contributed by atoms with Crippen molar-refractivity contribution in [1.82, 2.24) is 9.47 Å². The van der Waals surface area contributed by atoms with Gasteiger partial charge in [-0.2, -0.15) is 0 Å². The summed E-state index contributed by atoms with van der Waals surface area (Å²) in [5, 5.41) is 1.18. The van der Waals surface area contributed by atoms with Gasteiger partial charge in [-0.25, -0.2) is 0 Å². The number of rotatable bonds is 9. The molecule has 0 radical (unpaired) electrons. The van der Waals surface area contributed by atoms with Gasteiger partial charge in [0.1, 0.15) is 12.4 Å². The molecule has 208 valence electrons. The first-order chi connectivity index (χ1) is 20.1. The summed E-state index contributed by atoms with van der Waals surface area (Å²) in [5.41, 5.74) is 7.10. The standard InChI is InChI=1S/C36H36N2O3/c1-27-11-13-28(14-12-27)24-38-25-34(32-9-5-6-10-35(32)38)33(23-36(39)37-19-21-40-22-20-37)30-15-17-31(18-16-30)41-26-29-7-3-2-4-8-29/h2-18,25,33H,19-24,26H2,1H3/t33-/m1/s1. The second-order valence-corrected chi connectivity index (χ2v) is 10.8. The van der Waals surface area contributed by atoms with Crippen molar-refractivity contribution in [3.8, 4) is 5.75 Å². The van der Waals surface area contributed by atoms with Gasteiger partial charge in [0, 0.05) is 49.1 Å². The van der Waals surface area contributed by atoms with Crippen LogP contribution in [-0.2, 0) is 22.7 Å². The second kappa shape index (κ2) is 12.4. The molecule has 1 aromatic heterocycles. The van der Waals surface area contributed by atoms with E-state index in [9.17, 15) is 4.79 Å². The number of ether oxygens (including phenoxy) is 2. The molecule has 5 nitrogen and oxygen atoms in total. The van der Waals surface area contributed by atoms with Crippen molar-refractivity contribution in [2.24, 2.45) is 0 Å². The number of aromatic nitrogens is 1. The van der Waals surface area contributed by atoms with Crippen molar-refractivity contribution in [3.63, 3.8) is 0 Å². The van der Waals surface area contributed by atoms with E-state index in [2.05, 4.69) is 90.5 Å². The Labute approximate surface area is 241 Å². The maximum Gasteiger partial charge on any atom is 0.223 e. The molecule has 5 aromatic rings. The van der Waals surface area contributed by atoms with Crippen LogP contribution in [-0.4, -0.2) is 41.7 Å². The predicted octanol–water partition coefficient (Wildman–Crippen LogP) is 6.96. The smallest absolute Gasteiger partial charge is 0.223 e. The molecular weight excluding hydrogens is 508 g/mol. The summed E-state index contributed by atoms with van der Waals surface area (Å²) in [6.45, 7) is 5.89. The lowest BCUT2D eigenvalue weighted by atomic mass is 9.87. The molecule has 1 atom stereocenters. The molecule has 0 N–H and O–H groups in total. The van der Waals surface area contributed by atoms with Gasteiger partial charge in [0.15, 0.2) is 0 Å². The number of aryl methyl sites for hydroxylation is 1. The molecule has 1 aliphatic heterocycles. The first kappa shape index (κ1) is 26.9. The monoisotopic (exact) mass is 544 g/mol. The third-order valence-corrected chi connectivity index (χ3v) is 7.94. The normalized spacial score (nSPS) is 14.2. The third-order valence-electron chi connectivity index (χ3n) is 7.94. The lowest BCUT2D eigenvalue weighted by Gasteiger charge is -2.28. The van der Waals surface area contributed by atoms with Gasteiger partial charge in [0.25, 0.3) is 0 Å². The molecule has 0 aliphatic carbocycles. The van der Waals surface area contributed by atoms with Gasteiger partial charge in [-0.3, -0.25) is 4.79 Å². The van der Waals surface area contributed by atoms with Crippen LogP contribution in [0.5, 0.6) is 5.75 Å². The molecule has 1 fully saturated rings. The lowest BCUT2D eigenvalue weighted by Crippen LogP contribution is -2.41. The van der Waals surface area contributed by atoms with Crippen LogP contribution in [0.4, 0.5) is 0 Å². The van der Waals surface area contributed by atoms with Gasteiger partial charge < -0.3 is 18.9 Å². The molecule has 2 heterocycles. The maximum atomic E-state index is 13.6. The third kappa shape index (κ3) is 6.36. The number of carbonyl (C=O) groups excluding carboxylic acids is 1. The van der Waals surface area contributed by atoms with E-state index in [1.165, 1.54) is 27.6 Å². The second-order valence-electron chi connectivity index (χ2n) is 10.8. The van der Waals surface area contributed by atoms with E-state index in [1.807, 2.05) is 35.2 Å². The zero-order valence-electron chi connectivity index (χ0n) is 23.5. The molecule has 4 aromatic carbocycles. The Kier molecular flexibility index (Phi) is 8.15. The Bertz CT molecular complexity index is 1580. The minimum atomic E-state index is -0.0855. The highest BCUT2D eigenvalue weighted by molar-refractivity contribution is 5.87. The summed E-state index contributed by atoms with van der Waals surface area (Å²) in [6, 6.07) is 35.7. The van der Waals surface area contributed by atoms with E-state index in [-0.39, 0.29) is 11.8 Å². The number of nitrogens with zero attached hydrogens (tertiary/aromatic N) is 2. The Hall–Kier alpha value is -4.35. The van der Waals surface area contributed by atoms with Gasteiger partial charge in [-0.15, -0.1) is 0 Å². The summed E-state index contributed by atoms with van der Waals surface area (Å²) in [7, 11) is 0. The first-order valence-corrected chi connectivity index (χ1v) is 14.4. The number of carbonyl (C=O) groups is 1. The Morgan fingerprint density at radius 2 is 1.54 bits per heavy atom. The van der Waals surface area contributed by atoms with Crippen molar-refractivity contribution >= 4 is 16.8 Å². The van der Waals surface area contributed by atoms with E-state index >= 15 is 0 Å². The van der Waals surface area contributed by atoms with Gasteiger partial charge in [-0.05, 0) is 47.4 Å². The largest absolute Gasteiger partial charge is 0.489 e. The average Bonchev–Trinajstić information content (AvgIpc) is 3.39. The van der Waals surface area contributed by atoms with Crippen LogP contribution in [0.2, 0.25) is 0 Å². The van der Waals surface area contributed by atoms with E-state index in [0.717, 1.165) is 23.4 Å². The van der Waals surface area contributed by atoms with Crippen LogP contribution in [0, 0.1) is 6.92 Å². The van der Waals surface area contributed by atoms with Gasteiger partial charge in [-0.1, -0.05) is 90.5 Å². The minimum Gasteiger partial charge on any atom is -0.489 e. The molecule has 1 amide bonds. The molecule has 5 heteroatoms. The fraction of sp³-hybridized carbons (Fsp3) is 0.250. The van der Waals surface area contributed by atoms with Crippen LogP contribution in [0.25, 0.3) is 10.9 Å². The number of hydrogen-bond acceptors (Lipinski definition) is 3. The Morgan fingerprint density at radius 3 is 2.29 bits per heavy atom. The van der Waals surface area contributed by atoms with Crippen LogP contribution in [0.3, 0.4) is 0 Å². The fourth-order valence-corrected chi connectivity index (χ4v) is 5.63. The maximum absolute atomic E-state index is 13.6. The summed E-state index contributed by atoms with van der Waals surface area (Å²) in [5.74, 6) is 0.897. The highest BCUT2D eigenvalue weighted by atomic mass is 16.5. The summed E-state index contributed by atoms with van der Waals surface area (Å²) >= 11 is 0. The van der Waals surface area contributed by atoms with Crippen LogP contribution < -0.4 is 4.74 Å². The minimum absolute atomic E-state index is 0.0855. The number of para-hydroxylation sites is 1. The van der Waals surface area contributed by atoms with Crippen LogP contribution in [0.15, 0.2) is 109 Å². The van der Waals surface area contributed by atoms with E-state index in [0.29, 0.717) is 39.3 Å². The van der Waals surface area contributed by atoms with Crippen molar-refractivity contribution in [2.75, 3.05) is 26.3 Å². The van der Waals surface area contributed by atoms with Gasteiger partial charge in [0.2, 0.25) is 5.91 Å². The Morgan fingerprint density at radius 1 is 0.829 bits per heavy atom. The summed E-state index contributed by atoms with van der Waals surface area (Å²) < 4.78 is 13.9. The van der Waals surface area contributed by atoms with E-state index in [1.54, 1.807) is 0 Å². The SMILES string of the molecule is Cc1ccc(Cn2cc([C@H](CC(=O)N3CCOCC3)c3ccc(OCc4ccccc4)cc3)c3ccccc32)cc1.